The first kappa shape index (κ1) is 26.5. The quantitative estimate of drug-likeness (QED) is 0.222. The van der Waals surface area contributed by atoms with Crippen LogP contribution in [0, 0.1) is 6.92 Å². The normalized spacial score (nSPS) is 10.9. The lowest BCUT2D eigenvalue weighted by atomic mass is 10.1. The molecule has 0 aliphatic rings. The van der Waals surface area contributed by atoms with Crippen LogP contribution in [0.1, 0.15) is 39.4 Å². The minimum absolute atomic E-state index is 0.0165. The lowest BCUT2D eigenvalue weighted by Gasteiger charge is -2.10. The first-order valence-corrected chi connectivity index (χ1v) is 12.7. The Hall–Kier alpha value is -3.15. The van der Waals surface area contributed by atoms with E-state index in [1.54, 1.807) is 39.0 Å². The summed E-state index contributed by atoms with van der Waals surface area (Å²) in [5.74, 6) is -1.12. The number of hydrogen-bond donors (Lipinski definition) is 2. The van der Waals surface area contributed by atoms with Gasteiger partial charge in [-0.2, -0.15) is 0 Å². The van der Waals surface area contributed by atoms with Gasteiger partial charge in [-0.25, -0.2) is 4.79 Å². The molecule has 2 aromatic heterocycles. The van der Waals surface area contributed by atoms with Gasteiger partial charge in [-0.15, -0.1) is 28.1 Å². The molecule has 0 atom stereocenters. The Kier molecular flexibility index (Phi) is 8.71. The molecule has 3 rings (SSSR count). The van der Waals surface area contributed by atoms with Crippen LogP contribution in [-0.4, -0.2) is 44.4 Å². The van der Waals surface area contributed by atoms with Gasteiger partial charge >= 0.3 is 5.97 Å². The number of ether oxygens (including phenoxy) is 1. The van der Waals surface area contributed by atoms with E-state index in [-0.39, 0.29) is 27.3 Å². The van der Waals surface area contributed by atoms with Crippen LogP contribution in [0.15, 0.2) is 42.1 Å². The van der Waals surface area contributed by atoms with E-state index in [4.69, 9.17) is 22.1 Å². The molecule has 1 aromatic carbocycles. The van der Waals surface area contributed by atoms with Crippen LogP contribution in [0.4, 0.5) is 5.00 Å². The number of carbonyl (C=O) groups excluding carboxylic acids is 3. The molecule has 2 heterocycles. The second-order valence-electron chi connectivity index (χ2n) is 7.63. The number of carbonyl (C=O) groups is 3. The Morgan fingerprint density at radius 1 is 1.29 bits per heavy atom. The molecule has 0 saturated carbocycles. The van der Waals surface area contributed by atoms with Gasteiger partial charge in [0.15, 0.2) is 11.0 Å². The van der Waals surface area contributed by atoms with Gasteiger partial charge in [-0.3, -0.25) is 14.2 Å². The number of primary amides is 1. The Labute approximate surface area is 215 Å². The summed E-state index contributed by atoms with van der Waals surface area (Å²) in [4.78, 5) is 37.4. The van der Waals surface area contributed by atoms with E-state index in [9.17, 15) is 14.4 Å². The van der Waals surface area contributed by atoms with Crippen molar-refractivity contribution in [2.45, 2.75) is 38.6 Å². The van der Waals surface area contributed by atoms with Crippen LogP contribution < -0.4 is 11.1 Å². The second-order valence-corrected chi connectivity index (χ2v) is 10.0. The van der Waals surface area contributed by atoms with Gasteiger partial charge in [0.1, 0.15) is 5.00 Å². The topological polar surface area (TPSA) is 129 Å². The van der Waals surface area contributed by atoms with Crippen molar-refractivity contribution in [3.63, 3.8) is 0 Å². The predicted molar refractivity (Wildman–Crippen MR) is 138 cm³/mol. The standard InChI is InChI=1S/C23H24ClN5O4S2/c1-5-10-29-20(14-6-8-15(24)9-7-14)27-28-23(29)34-11-16(30)26-21-17(22(32)33-12(2)3)13(4)18(35-21)19(25)31/h5-9,12H,1,10-11H2,2-4H3,(H2,25,31)(H,26,30). The Balaban J connectivity index is 1.79. The number of benzene rings is 1. The zero-order valence-corrected chi connectivity index (χ0v) is 21.7. The van der Waals surface area contributed by atoms with Crippen molar-refractivity contribution in [3.05, 3.63) is 57.9 Å². The molecular formula is C23H24ClN5O4S2. The SMILES string of the molecule is C=CCn1c(SCC(=O)Nc2sc(C(N)=O)c(C)c2C(=O)OC(C)C)nnc1-c1ccc(Cl)cc1. The molecule has 0 saturated heterocycles. The van der Waals surface area contributed by atoms with Crippen LogP contribution in [0.2, 0.25) is 5.02 Å². The molecule has 0 aliphatic heterocycles. The zero-order valence-electron chi connectivity index (χ0n) is 19.3. The number of thioether (sulfide) groups is 1. The summed E-state index contributed by atoms with van der Waals surface area (Å²) in [7, 11) is 0. The fourth-order valence-electron chi connectivity index (χ4n) is 3.15. The van der Waals surface area contributed by atoms with Crippen LogP contribution in [0.5, 0.6) is 0 Å². The third-order valence-corrected chi connectivity index (χ3v) is 7.07. The second kappa shape index (κ2) is 11.5. The molecule has 35 heavy (non-hydrogen) atoms. The van der Waals surface area contributed by atoms with Crippen molar-refractivity contribution in [1.82, 2.24) is 14.8 Å². The molecule has 184 valence electrons. The van der Waals surface area contributed by atoms with Crippen molar-refractivity contribution >= 4 is 57.5 Å². The maximum Gasteiger partial charge on any atom is 0.341 e. The first-order valence-electron chi connectivity index (χ1n) is 10.5. The molecule has 3 aromatic rings. The van der Waals surface area contributed by atoms with Crippen molar-refractivity contribution < 1.29 is 19.1 Å². The summed E-state index contributed by atoms with van der Waals surface area (Å²) >= 11 is 8.09. The number of nitrogens with one attached hydrogen (secondary N) is 1. The number of rotatable bonds is 10. The van der Waals surface area contributed by atoms with E-state index in [1.165, 1.54) is 11.8 Å². The molecule has 0 unspecified atom stereocenters. The number of aromatic nitrogens is 3. The predicted octanol–water partition coefficient (Wildman–Crippen LogP) is 4.55. The highest BCUT2D eigenvalue weighted by molar-refractivity contribution is 7.99. The van der Waals surface area contributed by atoms with Crippen LogP contribution in [-0.2, 0) is 16.1 Å². The third kappa shape index (κ3) is 6.30. The summed E-state index contributed by atoms with van der Waals surface area (Å²) in [5, 5.41) is 12.5. The summed E-state index contributed by atoms with van der Waals surface area (Å²) in [6.45, 7) is 9.23. The van der Waals surface area contributed by atoms with Gasteiger partial charge in [0.05, 0.1) is 22.3 Å². The average Bonchev–Trinajstić information content (AvgIpc) is 3.33. The highest BCUT2D eigenvalue weighted by Crippen LogP contribution is 2.34. The Morgan fingerprint density at radius 3 is 2.57 bits per heavy atom. The van der Waals surface area contributed by atoms with E-state index in [0.29, 0.717) is 28.1 Å². The third-order valence-electron chi connectivity index (χ3n) is 4.63. The minimum atomic E-state index is -0.687. The summed E-state index contributed by atoms with van der Waals surface area (Å²) in [5.41, 5.74) is 6.75. The molecule has 0 fully saturated rings. The lowest BCUT2D eigenvalue weighted by molar-refractivity contribution is -0.113. The van der Waals surface area contributed by atoms with Gasteiger partial charge < -0.3 is 15.8 Å². The number of esters is 1. The van der Waals surface area contributed by atoms with Crippen LogP contribution in [0.25, 0.3) is 11.4 Å². The average molecular weight is 534 g/mol. The molecule has 0 aliphatic carbocycles. The number of nitrogens with zero attached hydrogens (tertiary/aromatic N) is 3. The molecule has 2 amide bonds. The fraction of sp³-hybridized carbons (Fsp3) is 0.261. The molecular weight excluding hydrogens is 510 g/mol. The van der Waals surface area contributed by atoms with E-state index in [0.717, 1.165) is 16.9 Å². The van der Waals surface area contributed by atoms with Crippen molar-refractivity contribution in [3.8, 4) is 11.4 Å². The van der Waals surface area contributed by atoms with Crippen LogP contribution in [0.3, 0.4) is 0 Å². The maximum absolute atomic E-state index is 12.8. The highest BCUT2D eigenvalue weighted by Gasteiger charge is 2.26. The fourth-order valence-corrected chi connectivity index (χ4v) is 5.09. The number of nitrogens with two attached hydrogens (primary N) is 1. The number of amides is 2. The number of thiophene rings is 1. The number of hydrogen-bond acceptors (Lipinski definition) is 8. The van der Waals surface area contributed by atoms with Crippen molar-refractivity contribution in [2.75, 3.05) is 11.1 Å². The number of allylic oxidation sites excluding steroid dienone is 1. The molecule has 12 heteroatoms. The summed E-state index contributed by atoms with van der Waals surface area (Å²) < 4.78 is 7.11. The zero-order chi connectivity index (χ0) is 25.7. The van der Waals surface area contributed by atoms with E-state index < -0.39 is 17.8 Å². The highest BCUT2D eigenvalue weighted by atomic mass is 35.5. The molecule has 3 N–H and O–H groups in total. The smallest absolute Gasteiger partial charge is 0.341 e. The first-order chi connectivity index (χ1) is 16.6. The minimum Gasteiger partial charge on any atom is -0.459 e. The number of anilines is 1. The molecule has 9 nitrogen and oxygen atoms in total. The van der Waals surface area contributed by atoms with E-state index in [1.807, 2.05) is 16.7 Å². The maximum atomic E-state index is 12.8. The molecule has 0 bridgehead atoms. The Morgan fingerprint density at radius 2 is 1.97 bits per heavy atom. The van der Waals surface area contributed by atoms with Gasteiger partial charge in [-0.1, -0.05) is 29.4 Å². The van der Waals surface area contributed by atoms with Gasteiger partial charge in [0, 0.05) is 17.1 Å². The van der Waals surface area contributed by atoms with Crippen LogP contribution >= 0.6 is 34.7 Å². The summed E-state index contributed by atoms with van der Waals surface area (Å²) in [6, 6.07) is 7.19. The number of halogens is 1. The lowest BCUT2D eigenvalue weighted by Crippen LogP contribution is -2.18. The van der Waals surface area contributed by atoms with Crippen molar-refractivity contribution in [2.24, 2.45) is 5.73 Å². The molecule has 0 radical (unpaired) electrons. The van der Waals surface area contributed by atoms with Gasteiger partial charge in [-0.05, 0) is 50.6 Å². The van der Waals surface area contributed by atoms with Crippen molar-refractivity contribution in [1.29, 1.82) is 0 Å². The van der Waals surface area contributed by atoms with E-state index >= 15 is 0 Å². The van der Waals surface area contributed by atoms with E-state index in [2.05, 4.69) is 22.1 Å². The van der Waals surface area contributed by atoms with Gasteiger partial charge in [0.2, 0.25) is 5.91 Å². The molecule has 0 spiro atoms. The summed E-state index contributed by atoms with van der Waals surface area (Å²) in [6.07, 6.45) is 1.34. The van der Waals surface area contributed by atoms with Gasteiger partial charge in [0.25, 0.3) is 5.91 Å². The monoisotopic (exact) mass is 533 g/mol. The Bertz CT molecular complexity index is 1270. The largest absolute Gasteiger partial charge is 0.459 e.